The number of amides is 1. The molecular formula is C21H18N4O2. The van der Waals surface area contributed by atoms with Crippen molar-refractivity contribution in [1.29, 1.82) is 0 Å². The van der Waals surface area contributed by atoms with Crippen LogP contribution < -0.4 is 5.32 Å². The number of pyridine rings is 1. The predicted molar refractivity (Wildman–Crippen MR) is 104 cm³/mol. The van der Waals surface area contributed by atoms with Gasteiger partial charge in [-0.15, -0.1) is 0 Å². The van der Waals surface area contributed by atoms with Gasteiger partial charge in [0.05, 0.1) is 5.52 Å². The first kappa shape index (κ1) is 16.8. The quantitative estimate of drug-likeness (QED) is 0.555. The number of carbonyl (C=O) groups excluding carboxylic acids is 1. The topological polar surface area (TPSA) is 79.9 Å². The largest absolute Gasteiger partial charge is 0.444 e. The first-order chi connectivity index (χ1) is 13.2. The van der Waals surface area contributed by atoms with E-state index in [1.807, 2.05) is 67.6 Å². The Hall–Kier alpha value is -3.67. The monoisotopic (exact) mass is 358 g/mol. The van der Waals surface area contributed by atoms with Crippen molar-refractivity contribution in [2.24, 2.45) is 0 Å². The first-order valence-electron chi connectivity index (χ1n) is 8.58. The van der Waals surface area contributed by atoms with Crippen LogP contribution in [0.5, 0.6) is 0 Å². The van der Waals surface area contributed by atoms with Gasteiger partial charge in [0.1, 0.15) is 12.3 Å². The molecule has 6 heteroatoms. The standard InChI is InChI=1S/C21H18N4O2/c1-14-11-16(9-10-22-14)20-18-8-7-17(12-19(18)24-25-20)23-21(26)27-13-15-5-3-2-4-6-15/h2-12H,13H2,1H3,(H,23,26)(H,24,25). The molecule has 0 saturated heterocycles. The molecular weight excluding hydrogens is 340 g/mol. The molecule has 27 heavy (non-hydrogen) atoms. The highest BCUT2D eigenvalue weighted by Gasteiger charge is 2.10. The normalized spacial score (nSPS) is 10.7. The number of ether oxygens (including phenoxy) is 1. The van der Waals surface area contributed by atoms with Gasteiger partial charge in [-0.1, -0.05) is 30.3 Å². The number of nitrogens with one attached hydrogen (secondary N) is 2. The van der Waals surface area contributed by atoms with Gasteiger partial charge in [0, 0.05) is 28.5 Å². The van der Waals surface area contributed by atoms with Crippen molar-refractivity contribution >= 4 is 22.7 Å². The lowest BCUT2D eigenvalue weighted by molar-refractivity contribution is 0.155. The molecule has 2 heterocycles. The number of aromatic nitrogens is 3. The second kappa shape index (κ2) is 7.29. The Balaban J connectivity index is 1.48. The average molecular weight is 358 g/mol. The molecule has 0 fully saturated rings. The number of H-pyrrole nitrogens is 1. The number of carbonyl (C=O) groups is 1. The van der Waals surface area contributed by atoms with E-state index in [4.69, 9.17) is 4.74 Å². The van der Waals surface area contributed by atoms with E-state index in [9.17, 15) is 4.79 Å². The first-order valence-corrected chi connectivity index (χ1v) is 8.58. The summed E-state index contributed by atoms with van der Waals surface area (Å²) in [6, 6.07) is 19.1. The van der Waals surface area contributed by atoms with Crippen LogP contribution in [-0.4, -0.2) is 21.3 Å². The predicted octanol–water partition coefficient (Wildman–Crippen LogP) is 4.68. The van der Waals surface area contributed by atoms with E-state index in [-0.39, 0.29) is 6.61 Å². The van der Waals surface area contributed by atoms with Crippen LogP contribution in [0, 0.1) is 6.92 Å². The Labute approximate surface area is 156 Å². The number of aromatic amines is 1. The van der Waals surface area contributed by atoms with E-state index in [1.54, 1.807) is 6.20 Å². The van der Waals surface area contributed by atoms with Gasteiger partial charge in [-0.05, 0) is 42.8 Å². The molecule has 6 nitrogen and oxygen atoms in total. The van der Waals surface area contributed by atoms with Crippen molar-refractivity contribution in [3.8, 4) is 11.3 Å². The van der Waals surface area contributed by atoms with Crippen LogP contribution in [0.4, 0.5) is 10.5 Å². The van der Waals surface area contributed by atoms with Gasteiger partial charge in [0.15, 0.2) is 0 Å². The smallest absolute Gasteiger partial charge is 0.411 e. The third-order valence-corrected chi connectivity index (χ3v) is 4.19. The summed E-state index contributed by atoms with van der Waals surface area (Å²) in [5.74, 6) is 0. The molecule has 2 N–H and O–H groups in total. The molecule has 4 aromatic rings. The molecule has 134 valence electrons. The minimum Gasteiger partial charge on any atom is -0.444 e. The molecule has 0 unspecified atom stereocenters. The van der Waals surface area contributed by atoms with Gasteiger partial charge < -0.3 is 4.74 Å². The molecule has 0 aliphatic carbocycles. The maximum absolute atomic E-state index is 12.0. The highest BCUT2D eigenvalue weighted by molar-refractivity contribution is 5.96. The Morgan fingerprint density at radius 1 is 1.11 bits per heavy atom. The molecule has 0 aliphatic rings. The highest BCUT2D eigenvalue weighted by Crippen LogP contribution is 2.28. The molecule has 0 bridgehead atoms. The summed E-state index contributed by atoms with van der Waals surface area (Å²) in [5.41, 5.74) is 5.20. The number of hydrogen-bond donors (Lipinski definition) is 2. The molecule has 2 aromatic carbocycles. The van der Waals surface area contributed by atoms with Crippen molar-refractivity contribution in [1.82, 2.24) is 15.2 Å². The van der Waals surface area contributed by atoms with Gasteiger partial charge in [-0.2, -0.15) is 5.10 Å². The highest BCUT2D eigenvalue weighted by atomic mass is 16.5. The fourth-order valence-corrected chi connectivity index (χ4v) is 2.89. The van der Waals surface area contributed by atoms with E-state index in [1.165, 1.54) is 0 Å². The fraction of sp³-hybridized carbons (Fsp3) is 0.0952. The van der Waals surface area contributed by atoms with E-state index in [0.29, 0.717) is 5.69 Å². The van der Waals surface area contributed by atoms with Crippen LogP contribution in [0.25, 0.3) is 22.2 Å². The summed E-state index contributed by atoms with van der Waals surface area (Å²) < 4.78 is 5.25. The zero-order valence-corrected chi connectivity index (χ0v) is 14.8. The van der Waals surface area contributed by atoms with E-state index in [0.717, 1.165) is 33.4 Å². The number of hydrogen-bond acceptors (Lipinski definition) is 4. The zero-order chi connectivity index (χ0) is 18.6. The van der Waals surface area contributed by atoms with Gasteiger partial charge in [-0.25, -0.2) is 4.79 Å². The van der Waals surface area contributed by atoms with Gasteiger partial charge in [0.2, 0.25) is 0 Å². The summed E-state index contributed by atoms with van der Waals surface area (Å²) in [6.07, 6.45) is 1.27. The Bertz CT molecular complexity index is 1090. The van der Waals surface area contributed by atoms with Crippen LogP contribution in [0.3, 0.4) is 0 Å². The molecule has 1 amide bonds. The molecule has 0 saturated carbocycles. The minimum atomic E-state index is -0.497. The van der Waals surface area contributed by atoms with Crippen molar-refractivity contribution in [2.45, 2.75) is 13.5 Å². The maximum Gasteiger partial charge on any atom is 0.411 e. The second-order valence-corrected chi connectivity index (χ2v) is 6.21. The number of anilines is 1. The summed E-state index contributed by atoms with van der Waals surface area (Å²) in [7, 11) is 0. The summed E-state index contributed by atoms with van der Waals surface area (Å²) in [5, 5.41) is 11.1. The molecule has 0 atom stereocenters. The van der Waals surface area contributed by atoms with Gasteiger partial charge >= 0.3 is 6.09 Å². The maximum atomic E-state index is 12.0. The number of fused-ring (bicyclic) bond motifs is 1. The molecule has 4 rings (SSSR count). The third-order valence-electron chi connectivity index (χ3n) is 4.19. The Kier molecular flexibility index (Phi) is 4.53. The number of rotatable bonds is 4. The fourth-order valence-electron chi connectivity index (χ4n) is 2.89. The Morgan fingerprint density at radius 3 is 2.78 bits per heavy atom. The minimum absolute atomic E-state index is 0.227. The van der Waals surface area contributed by atoms with Gasteiger partial charge in [-0.3, -0.25) is 15.4 Å². The van der Waals surface area contributed by atoms with Crippen molar-refractivity contribution in [3.05, 3.63) is 78.1 Å². The lowest BCUT2D eigenvalue weighted by atomic mass is 10.1. The van der Waals surface area contributed by atoms with E-state index < -0.39 is 6.09 Å². The third kappa shape index (κ3) is 3.79. The SMILES string of the molecule is Cc1cc(-c2n[nH]c3cc(NC(=O)OCc4ccccc4)ccc23)ccn1. The van der Waals surface area contributed by atoms with Crippen LogP contribution in [0.2, 0.25) is 0 Å². The Morgan fingerprint density at radius 2 is 1.96 bits per heavy atom. The number of benzene rings is 2. The van der Waals surface area contributed by atoms with E-state index in [2.05, 4.69) is 20.5 Å². The van der Waals surface area contributed by atoms with Crippen LogP contribution in [0.15, 0.2) is 66.9 Å². The lowest BCUT2D eigenvalue weighted by Gasteiger charge is -2.07. The molecule has 0 radical (unpaired) electrons. The van der Waals surface area contributed by atoms with Crippen molar-refractivity contribution in [3.63, 3.8) is 0 Å². The summed E-state index contributed by atoms with van der Waals surface area (Å²) in [4.78, 5) is 16.2. The number of nitrogens with zero attached hydrogens (tertiary/aromatic N) is 2. The number of aryl methyl sites for hydroxylation is 1. The zero-order valence-electron chi connectivity index (χ0n) is 14.8. The van der Waals surface area contributed by atoms with Crippen LogP contribution >= 0.6 is 0 Å². The molecule has 0 aliphatic heterocycles. The summed E-state index contributed by atoms with van der Waals surface area (Å²) >= 11 is 0. The van der Waals surface area contributed by atoms with Crippen LogP contribution in [0.1, 0.15) is 11.3 Å². The molecule has 2 aromatic heterocycles. The lowest BCUT2D eigenvalue weighted by Crippen LogP contribution is -2.13. The van der Waals surface area contributed by atoms with Crippen LogP contribution in [-0.2, 0) is 11.3 Å². The molecule has 0 spiro atoms. The average Bonchev–Trinajstić information content (AvgIpc) is 3.10. The van der Waals surface area contributed by atoms with Crippen molar-refractivity contribution < 1.29 is 9.53 Å². The van der Waals surface area contributed by atoms with Crippen molar-refractivity contribution in [2.75, 3.05) is 5.32 Å². The second-order valence-electron chi connectivity index (χ2n) is 6.21. The van der Waals surface area contributed by atoms with E-state index >= 15 is 0 Å². The summed E-state index contributed by atoms with van der Waals surface area (Å²) in [6.45, 7) is 2.17. The van der Waals surface area contributed by atoms with Gasteiger partial charge in [0.25, 0.3) is 0 Å².